The molecule has 0 radical (unpaired) electrons. The molecule has 18 heavy (non-hydrogen) atoms. The van der Waals surface area contributed by atoms with Gasteiger partial charge in [0.1, 0.15) is 0 Å². The first-order valence-corrected chi connectivity index (χ1v) is 6.35. The third kappa shape index (κ3) is 5.31. The van der Waals surface area contributed by atoms with Crippen molar-refractivity contribution in [3.63, 3.8) is 0 Å². The van der Waals surface area contributed by atoms with Gasteiger partial charge in [-0.15, -0.1) is 0 Å². The fourth-order valence-corrected chi connectivity index (χ4v) is 2.15. The van der Waals surface area contributed by atoms with Crippen LogP contribution in [0.2, 0.25) is 0 Å². The van der Waals surface area contributed by atoms with Gasteiger partial charge in [0.2, 0.25) is 5.91 Å². The highest BCUT2D eigenvalue weighted by atomic mass is 16.4. The van der Waals surface area contributed by atoms with Gasteiger partial charge in [0, 0.05) is 25.7 Å². The van der Waals surface area contributed by atoms with Crippen LogP contribution in [0.5, 0.6) is 0 Å². The summed E-state index contributed by atoms with van der Waals surface area (Å²) in [5.74, 6) is -0.422. The topological polar surface area (TPSA) is 69.6 Å². The van der Waals surface area contributed by atoms with Crippen LogP contribution in [0.3, 0.4) is 0 Å². The molecule has 5 heteroatoms. The van der Waals surface area contributed by atoms with Crippen LogP contribution in [-0.2, 0) is 9.59 Å². The summed E-state index contributed by atoms with van der Waals surface area (Å²) in [5, 5.41) is 11.4. The molecule has 5 nitrogen and oxygen atoms in total. The second-order valence-corrected chi connectivity index (χ2v) is 5.04. The molecular formula is C13H22N2O3. The zero-order chi connectivity index (χ0) is 13.5. The molecule has 0 spiro atoms. The summed E-state index contributed by atoms with van der Waals surface area (Å²) in [6.45, 7) is 5.98. The molecule has 0 aromatic heterocycles. The molecule has 1 unspecified atom stereocenters. The van der Waals surface area contributed by atoms with Gasteiger partial charge >= 0.3 is 5.97 Å². The third-order valence-electron chi connectivity index (χ3n) is 2.95. The Morgan fingerprint density at radius 1 is 1.44 bits per heavy atom. The first-order chi connectivity index (χ1) is 8.49. The van der Waals surface area contributed by atoms with Crippen molar-refractivity contribution in [3.05, 3.63) is 11.6 Å². The second kappa shape index (κ2) is 7.16. The first kappa shape index (κ1) is 14.7. The number of aliphatic carboxylic acids is 1. The molecule has 1 saturated heterocycles. The van der Waals surface area contributed by atoms with Gasteiger partial charge in [0.05, 0.1) is 6.54 Å². The van der Waals surface area contributed by atoms with Crippen LogP contribution in [0.25, 0.3) is 0 Å². The lowest BCUT2D eigenvalue weighted by molar-refractivity contribution is -0.136. The molecule has 102 valence electrons. The largest absolute Gasteiger partial charge is 0.480 e. The third-order valence-corrected chi connectivity index (χ3v) is 2.95. The van der Waals surface area contributed by atoms with Crippen molar-refractivity contribution in [2.75, 3.05) is 26.2 Å². The molecule has 1 heterocycles. The van der Waals surface area contributed by atoms with Gasteiger partial charge in [-0.25, -0.2) is 0 Å². The maximum atomic E-state index is 11.9. The maximum absolute atomic E-state index is 11.9. The van der Waals surface area contributed by atoms with E-state index in [1.807, 2.05) is 18.7 Å². The monoisotopic (exact) mass is 254 g/mol. The van der Waals surface area contributed by atoms with E-state index >= 15 is 0 Å². The number of rotatable bonds is 5. The minimum atomic E-state index is -0.844. The summed E-state index contributed by atoms with van der Waals surface area (Å²) in [7, 11) is 0. The van der Waals surface area contributed by atoms with Crippen molar-refractivity contribution >= 4 is 11.9 Å². The maximum Gasteiger partial charge on any atom is 0.317 e. The normalized spacial score (nSPS) is 19.4. The molecule has 0 bridgehead atoms. The molecule has 1 atom stereocenters. The standard InChI is InChI=1S/C13H22N2O3/c1-10(2)6-12(16)15-5-3-4-11(9-15)7-14-8-13(17)18/h6,11,14H,3-5,7-9H2,1-2H3,(H,17,18). The van der Waals surface area contributed by atoms with E-state index in [-0.39, 0.29) is 12.5 Å². The Morgan fingerprint density at radius 3 is 2.78 bits per heavy atom. The highest BCUT2D eigenvalue weighted by Gasteiger charge is 2.22. The van der Waals surface area contributed by atoms with Crippen LogP contribution in [-0.4, -0.2) is 48.1 Å². The van der Waals surface area contributed by atoms with E-state index in [1.54, 1.807) is 6.08 Å². The van der Waals surface area contributed by atoms with E-state index in [1.165, 1.54) is 0 Å². The molecule has 0 aromatic carbocycles. The van der Waals surface area contributed by atoms with E-state index in [2.05, 4.69) is 5.32 Å². The van der Waals surface area contributed by atoms with E-state index in [0.717, 1.165) is 31.5 Å². The average Bonchev–Trinajstić information content (AvgIpc) is 2.28. The number of hydrogen-bond donors (Lipinski definition) is 2. The highest BCUT2D eigenvalue weighted by molar-refractivity contribution is 5.88. The quantitative estimate of drug-likeness (QED) is 0.714. The highest BCUT2D eigenvalue weighted by Crippen LogP contribution is 2.16. The smallest absolute Gasteiger partial charge is 0.317 e. The molecule has 0 aromatic rings. The van der Waals surface area contributed by atoms with Gasteiger partial charge in [-0.05, 0) is 32.6 Å². The second-order valence-electron chi connectivity index (χ2n) is 5.04. The lowest BCUT2D eigenvalue weighted by atomic mass is 9.98. The Kier molecular flexibility index (Phi) is 5.85. The number of carboxylic acid groups (broad SMARTS) is 1. The number of carbonyl (C=O) groups excluding carboxylic acids is 1. The minimum absolute atomic E-state index is 0.0155. The number of amides is 1. The SMILES string of the molecule is CC(C)=CC(=O)N1CCCC(CNCC(=O)O)C1. The van der Waals surface area contributed by atoms with Gasteiger partial charge in [0.15, 0.2) is 0 Å². The fraction of sp³-hybridized carbons (Fsp3) is 0.692. The van der Waals surface area contributed by atoms with Gasteiger partial charge in [-0.3, -0.25) is 9.59 Å². The van der Waals surface area contributed by atoms with Crippen molar-refractivity contribution in [2.45, 2.75) is 26.7 Å². The zero-order valence-corrected chi connectivity index (χ0v) is 11.1. The lowest BCUT2D eigenvalue weighted by Crippen LogP contribution is -2.42. The van der Waals surface area contributed by atoms with E-state index in [9.17, 15) is 9.59 Å². The molecule has 0 aliphatic carbocycles. The molecule has 1 fully saturated rings. The summed E-state index contributed by atoms with van der Waals surface area (Å²) in [6.07, 6.45) is 3.69. The number of hydrogen-bond acceptors (Lipinski definition) is 3. The zero-order valence-electron chi connectivity index (χ0n) is 11.1. The molecule has 1 rings (SSSR count). The summed E-state index contributed by atoms with van der Waals surface area (Å²) in [6, 6.07) is 0. The van der Waals surface area contributed by atoms with E-state index in [0.29, 0.717) is 12.5 Å². The number of allylic oxidation sites excluding steroid dienone is 1. The van der Waals surface area contributed by atoms with Crippen molar-refractivity contribution in [2.24, 2.45) is 5.92 Å². The summed E-state index contributed by atoms with van der Waals surface area (Å²) < 4.78 is 0. The van der Waals surface area contributed by atoms with Crippen molar-refractivity contribution in [1.82, 2.24) is 10.2 Å². The number of carbonyl (C=O) groups is 2. The van der Waals surface area contributed by atoms with Gasteiger partial charge in [0.25, 0.3) is 0 Å². The van der Waals surface area contributed by atoms with Crippen molar-refractivity contribution < 1.29 is 14.7 Å². The van der Waals surface area contributed by atoms with Gasteiger partial charge in [-0.2, -0.15) is 0 Å². The minimum Gasteiger partial charge on any atom is -0.480 e. The molecule has 0 saturated carbocycles. The van der Waals surface area contributed by atoms with Gasteiger partial charge < -0.3 is 15.3 Å². The van der Waals surface area contributed by atoms with Crippen LogP contribution in [0.15, 0.2) is 11.6 Å². The number of carboxylic acids is 1. The van der Waals surface area contributed by atoms with Crippen LogP contribution >= 0.6 is 0 Å². The first-order valence-electron chi connectivity index (χ1n) is 6.35. The predicted octanol–water partition coefficient (Wildman–Crippen LogP) is 0.865. The average molecular weight is 254 g/mol. The Bertz CT molecular complexity index is 335. The summed E-state index contributed by atoms with van der Waals surface area (Å²) in [4.78, 5) is 24.1. The molecule has 1 amide bonds. The predicted molar refractivity (Wildman–Crippen MR) is 69.2 cm³/mol. The van der Waals surface area contributed by atoms with E-state index in [4.69, 9.17) is 5.11 Å². The Morgan fingerprint density at radius 2 is 2.17 bits per heavy atom. The van der Waals surface area contributed by atoms with Crippen LogP contribution in [0.4, 0.5) is 0 Å². The summed E-state index contributed by atoms with van der Waals surface area (Å²) in [5.41, 5.74) is 1.01. The van der Waals surface area contributed by atoms with E-state index < -0.39 is 5.97 Å². The summed E-state index contributed by atoms with van der Waals surface area (Å²) >= 11 is 0. The fourth-order valence-electron chi connectivity index (χ4n) is 2.15. The number of nitrogens with zero attached hydrogens (tertiary/aromatic N) is 1. The lowest BCUT2D eigenvalue weighted by Gasteiger charge is -2.32. The molecule has 2 N–H and O–H groups in total. The van der Waals surface area contributed by atoms with Gasteiger partial charge in [-0.1, -0.05) is 5.57 Å². The molecule has 1 aliphatic rings. The Hall–Kier alpha value is -1.36. The Labute approximate surface area is 108 Å². The Balaban J connectivity index is 2.38. The van der Waals surface area contributed by atoms with Crippen LogP contribution in [0, 0.1) is 5.92 Å². The van der Waals surface area contributed by atoms with Crippen LogP contribution in [0.1, 0.15) is 26.7 Å². The van der Waals surface area contributed by atoms with Crippen LogP contribution < -0.4 is 5.32 Å². The number of nitrogens with one attached hydrogen (secondary N) is 1. The van der Waals surface area contributed by atoms with Crippen molar-refractivity contribution in [1.29, 1.82) is 0 Å². The number of piperidine rings is 1. The van der Waals surface area contributed by atoms with Crippen molar-refractivity contribution in [3.8, 4) is 0 Å². The number of likely N-dealkylation sites (tertiary alicyclic amines) is 1. The molecular weight excluding hydrogens is 232 g/mol. The molecule has 1 aliphatic heterocycles.